The van der Waals surface area contributed by atoms with Gasteiger partial charge in [0.15, 0.2) is 0 Å². The fourth-order valence-electron chi connectivity index (χ4n) is 3.64. The van der Waals surface area contributed by atoms with E-state index in [1.165, 1.54) is 11.3 Å². The van der Waals surface area contributed by atoms with Crippen molar-refractivity contribution in [1.29, 1.82) is 5.26 Å². The number of carbonyl (C=O) groups excluding carboxylic acids is 1. The molecule has 0 radical (unpaired) electrons. The van der Waals surface area contributed by atoms with Crippen molar-refractivity contribution < 1.29 is 4.79 Å². The van der Waals surface area contributed by atoms with E-state index >= 15 is 0 Å². The van der Waals surface area contributed by atoms with Crippen LogP contribution in [0, 0.1) is 25.2 Å². The third-order valence-corrected chi connectivity index (χ3v) is 6.13. The molecule has 1 amide bonds. The van der Waals surface area contributed by atoms with Crippen LogP contribution in [0.25, 0.3) is 10.3 Å². The molecule has 136 valence electrons. The first-order valence-corrected chi connectivity index (χ1v) is 9.63. The standard InChI is InChI=1S/C20H19N5OS/c1-10-3-4-12-7-13(5-6-14(12)15(10)8-21)25-19(26)18-16(22)17-20(27-18)24-11(2)9-23-17/h3-4,9,13H,5-7,22H2,1-2H3,(H,25,26)/t13-/m0/s1. The number of hydrogen-bond donors (Lipinski definition) is 2. The lowest BCUT2D eigenvalue weighted by atomic mass is 9.84. The number of nitriles is 1. The van der Waals surface area contributed by atoms with Crippen molar-refractivity contribution in [1.82, 2.24) is 15.3 Å². The quantitative estimate of drug-likeness (QED) is 0.714. The maximum atomic E-state index is 12.8. The molecule has 6 nitrogen and oxygen atoms in total. The molecule has 3 N–H and O–H groups in total. The summed E-state index contributed by atoms with van der Waals surface area (Å²) in [5, 5.41) is 12.5. The molecule has 0 saturated carbocycles. The van der Waals surface area contributed by atoms with E-state index in [0.29, 0.717) is 20.9 Å². The largest absolute Gasteiger partial charge is 0.396 e. The average Bonchev–Trinajstić information content (AvgIpc) is 2.97. The summed E-state index contributed by atoms with van der Waals surface area (Å²) >= 11 is 1.27. The fraction of sp³-hybridized carbons (Fsp3) is 0.300. The lowest BCUT2D eigenvalue weighted by Gasteiger charge is -2.26. The van der Waals surface area contributed by atoms with Crippen LogP contribution >= 0.6 is 11.3 Å². The molecule has 4 rings (SSSR count). The predicted molar refractivity (Wildman–Crippen MR) is 106 cm³/mol. The van der Waals surface area contributed by atoms with Gasteiger partial charge in [-0.3, -0.25) is 4.79 Å². The predicted octanol–water partition coefficient (Wildman–Crippen LogP) is 3.05. The number of nitrogens with one attached hydrogen (secondary N) is 1. The number of benzene rings is 1. The van der Waals surface area contributed by atoms with Crippen molar-refractivity contribution in [2.24, 2.45) is 0 Å². The molecule has 0 fully saturated rings. The average molecular weight is 377 g/mol. The third kappa shape index (κ3) is 3.02. The molecule has 7 heteroatoms. The van der Waals surface area contributed by atoms with Crippen LogP contribution in [0.15, 0.2) is 18.3 Å². The van der Waals surface area contributed by atoms with Gasteiger partial charge in [-0.1, -0.05) is 12.1 Å². The number of nitrogen functional groups attached to an aromatic ring is 1. The Balaban J connectivity index is 1.56. The molecule has 0 spiro atoms. The molecule has 0 bridgehead atoms. The van der Waals surface area contributed by atoms with E-state index in [4.69, 9.17) is 5.73 Å². The van der Waals surface area contributed by atoms with Gasteiger partial charge in [-0.25, -0.2) is 9.97 Å². The minimum absolute atomic E-state index is 0.0199. The lowest BCUT2D eigenvalue weighted by Crippen LogP contribution is -2.39. The summed E-state index contributed by atoms with van der Waals surface area (Å²) in [5.41, 5.74) is 11.9. The maximum Gasteiger partial charge on any atom is 0.263 e. The summed E-state index contributed by atoms with van der Waals surface area (Å²) in [4.78, 5) is 22.6. The molecule has 3 aromatic rings. The van der Waals surface area contributed by atoms with Crippen LogP contribution in [0.2, 0.25) is 0 Å². The highest BCUT2D eigenvalue weighted by atomic mass is 32.1. The first kappa shape index (κ1) is 17.4. The Kier molecular flexibility index (Phi) is 4.28. The van der Waals surface area contributed by atoms with E-state index in [1.54, 1.807) is 6.20 Å². The van der Waals surface area contributed by atoms with E-state index in [-0.39, 0.29) is 11.9 Å². The monoisotopic (exact) mass is 377 g/mol. The van der Waals surface area contributed by atoms with Gasteiger partial charge in [0.2, 0.25) is 0 Å². The number of nitrogens with two attached hydrogens (primary N) is 1. The lowest BCUT2D eigenvalue weighted by molar-refractivity contribution is 0.0938. The van der Waals surface area contributed by atoms with Crippen LogP contribution < -0.4 is 11.1 Å². The molecule has 1 aromatic carbocycles. The number of anilines is 1. The molecule has 1 atom stereocenters. The first-order chi connectivity index (χ1) is 13.0. The molecule has 0 saturated heterocycles. The minimum Gasteiger partial charge on any atom is -0.396 e. The summed E-state index contributed by atoms with van der Waals surface area (Å²) in [5.74, 6) is -0.184. The second-order valence-electron chi connectivity index (χ2n) is 6.93. The zero-order chi connectivity index (χ0) is 19.1. The zero-order valence-electron chi connectivity index (χ0n) is 15.2. The van der Waals surface area contributed by atoms with Crippen LogP contribution in [0.5, 0.6) is 0 Å². The Morgan fingerprint density at radius 1 is 1.41 bits per heavy atom. The summed E-state index contributed by atoms with van der Waals surface area (Å²) in [6.07, 6.45) is 3.96. The van der Waals surface area contributed by atoms with Crippen molar-refractivity contribution in [3.8, 4) is 6.07 Å². The molecule has 1 aliphatic carbocycles. The Labute approximate surface area is 161 Å². The summed E-state index contributed by atoms with van der Waals surface area (Å²) in [7, 11) is 0. The van der Waals surface area contributed by atoms with Gasteiger partial charge in [0, 0.05) is 12.2 Å². The number of aromatic nitrogens is 2. The van der Waals surface area contributed by atoms with E-state index < -0.39 is 0 Å². The number of thiophene rings is 1. The maximum absolute atomic E-state index is 12.8. The van der Waals surface area contributed by atoms with Crippen LogP contribution in [0.1, 0.15) is 44.0 Å². The van der Waals surface area contributed by atoms with E-state index in [1.807, 2.05) is 19.9 Å². The van der Waals surface area contributed by atoms with Gasteiger partial charge in [0.25, 0.3) is 5.91 Å². The van der Waals surface area contributed by atoms with Crippen molar-refractivity contribution in [3.63, 3.8) is 0 Å². The molecular formula is C20H19N5OS. The zero-order valence-corrected chi connectivity index (χ0v) is 16.0. The van der Waals surface area contributed by atoms with Gasteiger partial charge >= 0.3 is 0 Å². The van der Waals surface area contributed by atoms with Crippen molar-refractivity contribution >= 4 is 33.3 Å². The van der Waals surface area contributed by atoms with Crippen molar-refractivity contribution in [2.75, 3.05) is 5.73 Å². The van der Waals surface area contributed by atoms with E-state index in [0.717, 1.165) is 47.2 Å². The number of nitrogens with zero attached hydrogens (tertiary/aromatic N) is 3. The second-order valence-corrected chi connectivity index (χ2v) is 7.93. The van der Waals surface area contributed by atoms with Crippen LogP contribution in [0.3, 0.4) is 0 Å². The van der Waals surface area contributed by atoms with Gasteiger partial charge in [-0.2, -0.15) is 5.26 Å². The highest BCUT2D eigenvalue weighted by Crippen LogP contribution is 2.32. The highest BCUT2D eigenvalue weighted by Gasteiger charge is 2.25. The topological polar surface area (TPSA) is 105 Å². The van der Waals surface area contributed by atoms with Gasteiger partial charge in [-0.05, 0) is 49.8 Å². The van der Waals surface area contributed by atoms with E-state index in [9.17, 15) is 10.1 Å². The molecule has 0 unspecified atom stereocenters. The fourth-order valence-corrected chi connectivity index (χ4v) is 4.64. The first-order valence-electron chi connectivity index (χ1n) is 8.82. The smallest absolute Gasteiger partial charge is 0.263 e. The molecule has 0 aliphatic heterocycles. The normalized spacial score (nSPS) is 16.0. The molecule has 1 aliphatic rings. The Hall–Kier alpha value is -2.98. The second kappa shape index (κ2) is 6.63. The number of rotatable bonds is 2. The van der Waals surface area contributed by atoms with Gasteiger partial charge < -0.3 is 11.1 Å². The Morgan fingerprint density at radius 3 is 3.00 bits per heavy atom. The summed E-state index contributed by atoms with van der Waals surface area (Å²) in [6.45, 7) is 3.82. The van der Waals surface area contributed by atoms with E-state index in [2.05, 4.69) is 27.4 Å². The van der Waals surface area contributed by atoms with Crippen LogP contribution in [0.4, 0.5) is 5.69 Å². The number of aryl methyl sites for hydroxylation is 2. The summed E-state index contributed by atoms with van der Waals surface area (Å²) in [6, 6.07) is 6.38. The van der Waals surface area contributed by atoms with Crippen LogP contribution in [-0.4, -0.2) is 21.9 Å². The summed E-state index contributed by atoms with van der Waals surface area (Å²) < 4.78 is 0. The number of hydrogen-bond acceptors (Lipinski definition) is 6. The van der Waals surface area contributed by atoms with Crippen molar-refractivity contribution in [3.05, 3.63) is 51.2 Å². The van der Waals surface area contributed by atoms with Gasteiger partial charge in [0.05, 0.1) is 23.0 Å². The van der Waals surface area contributed by atoms with Gasteiger partial charge in [0.1, 0.15) is 15.2 Å². The Morgan fingerprint density at radius 2 is 2.22 bits per heavy atom. The van der Waals surface area contributed by atoms with Gasteiger partial charge in [-0.15, -0.1) is 11.3 Å². The Bertz CT molecular complexity index is 1110. The van der Waals surface area contributed by atoms with Crippen LogP contribution in [-0.2, 0) is 12.8 Å². The number of carbonyl (C=O) groups is 1. The van der Waals surface area contributed by atoms with Crippen molar-refractivity contribution in [2.45, 2.75) is 39.2 Å². The molecule has 27 heavy (non-hydrogen) atoms. The molecular weight excluding hydrogens is 358 g/mol. The SMILES string of the molecule is Cc1cnc2c(N)c(C(=O)N[C@H]3CCc4c(ccc(C)c4C#N)C3)sc2n1. The highest BCUT2D eigenvalue weighted by molar-refractivity contribution is 7.21. The minimum atomic E-state index is -0.184. The number of fused-ring (bicyclic) bond motifs is 2. The molecule has 2 heterocycles. The number of amides is 1. The molecule has 2 aromatic heterocycles. The third-order valence-electron chi connectivity index (χ3n) is 5.04.